The molecule has 7 heteroatoms. The maximum atomic E-state index is 12.3. The molecule has 0 fully saturated rings. The molecule has 0 spiro atoms. The number of rotatable bonds is 6. The molecule has 0 radical (unpaired) electrons. The van der Waals surface area contributed by atoms with E-state index in [0.29, 0.717) is 24.4 Å². The molecule has 0 aliphatic rings. The van der Waals surface area contributed by atoms with Gasteiger partial charge in [-0.2, -0.15) is 5.10 Å². The topological polar surface area (TPSA) is 69.0 Å². The molecular weight excluding hydrogens is 384 g/mol. The SMILES string of the molecule is COc1ccc(Br)c(C(=O)NCCn2cc(-c3cccnc3)cn2)c1. The third kappa shape index (κ3) is 4.24. The summed E-state index contributed by atoms with van der Waals surface area (Å²) in [4.78, 5) is 16.4. The van der Waals surface area contributed by atoms with Gasteiger partial charge >= 0.3 is 0 Å². The van der Waals surface area contributed by atoms with Gasteiger partial charge < -0.3 is 10.1 Å². The molecule has 1 amide bonds. The molecule has 1 aromatic carbocycles. The van der Waals surface area contributed by atoms with Crippen LogP contribution in [0.2, 0.25) is 0 Å². The summed E-state index contributed by atoms with van der Waals surface area (Å²) in [6, 6.07) is 9.16. The van der Waals surface area contributed by atoms with Crippen molar-refractivity contribution in [2.24, 2.45) is 0 Å². The quantitative estimate of drug-likeness (QED) is 0.689. The minimum Gasteiger partial charge on any atom is -0.497 e. The second kappa shape index (κ2) is 7.94. The third-order valence-corrected chi connectivity index (χ3v) is 4.36. The molecule has 25 heavy (non-hydrogen) atoms. The first kappa shape index (κ1) is 17.2. The van der Waals surface area contributed by atoms with Gasteiger partial charge in [0.2, 0.25) is 0 Å². The van der Waals surface area contributed by atoms with E-state index in [-0.39, 0.29) is 5.91 Å². The van der Waals surface area contributed by atoms with Crippen molar-refractivity contribution in [1.82, 2.24) is 20.1 Å². The van der Waals surface area contributed by atoms with Gasteiger partial charge in [-0.1, -0.05) is 6.07 Å². The Kier molecular flexibility index (Phi) is 5.45. The van der Waals surface area contributed by atoms with E-state index in [9.17, 15) is 4.79 Å². The monoisotopic (exact) mass is 400 g/mol. The number of carbonyl (C=O) groups is 1. The summed E-state index contributed by atoms with van der Waals surface area (Å²) < 4.78 is 7.68. The van der Waals surface area contributed by atoms with Crippen LogP contribution >= 0.6 is 15.9 Å². The van der Waals surface area contributed by atoms with Crippen molar-refractivity contribution < 1.29 is 9.53 Å². The first-order valence-electron chi connectivity index (χ1n) is 7.72. The lowest BCUT2D eigenvalue weighted by atomic mass is 10.2. The predicted octanol–water partition coefficient (Wildman–Crippen LogP) is 3.15. The van der Waals surface area contributed by atoms with Crippen molar-refractivity contribution in [3.05, 3.63) is 65.2 Å². The molecule has 0 aliphatic heterocycles. The van der Waals surface area contributed by atoms with Crippen LogP contribution in [-0.4, -0.2) is 34.3 Å². The van der Waals surface area contributed by atoms with Gasteiger partial charge in [-0.05, 0) is 40.2 Å². The maximum absolute atomic E-state index is 12.3. The second-order valence-electron chi connectivity index (χ2n) is 5.34. The zero-order valence-electron chi connectivity index (χ0n) is 13.6. The lowest BCUT2D eigenvalue weighted by Crippen LogP contribution is -2.27. The lowest BCUT2D eigenvalue weighted by Gasteiger charge is -2.08. The van der Waals surface area contributed by atoms with E-state index in [1.54, 1.807) is 48.6 Å². The molecule has 1 N–H and O–H groups in total. The number of hydrogen-bond donors (Lipinski definition) is 1. The summed E-state index contributed by atoms with van der Waals surface area (Å²) in [5, 5.41) is 7.21. The average molecular weight is 401 g/mol. The number of pyridine rings is 1. The van der Waals surface area contributed by atoms with Crippen LogP contribution in [0, 0.1) is 0 Å². The summed E-state index contributed by atoms with van der Waals surface area (Å²) in [5.41, 5.74) is 2.55. The van der Waals surface area contributed by atoms with Gasteiger partial charge in [0, 0.05) is 40.7 Å². The van der Waals surface area contributed by atoms with Gasteiger partial charge in [-0.3, -0.25) is 14.5 Å². The molecule has 128 valence electrons. The maximum Gasteiger partial charge on any atom is 0.252 e. The standard InChI is InChI=1S/C18H17BrN4O2/c1-25-15-4-5-17(19)16(9-15)18(24)21-7-8-23-12-14(11-22-23)13-3-2-6-20-10-13/h2-6,9-12H,7-8H2,1H3,(H,21,24). The van der Waals surface area contributed by atoms with Crippen molar-refractivity contribution in [2.45, 2.75) is 6.54 Å². The number of benzene rings is 1. The number of ether oxygens (including phenoxy) is 1. The van der Waals surface area contributed by atoms with Crippen LogP contribution in [-0.2, 0) is 6.54 Å². The lowest BCUT2D eigenvalue weighted by molar-refractivity contribution is 0.0951. The van der Waals surface area contributed by atoms with Crippen molar-refractivity contribution in [3.8, 4) is 16.9 Å². The Morgan fingerprint density at radius 2 is 2.16 bits per heavy atom. The zero-order valence-corrected chi connectivity index (χ0v) is 15.2. The van der Waals surface area contributed by atoms with E-state index in [0.717, 1.165) is 15.6 Å². The highest BCUT2D eigenvalue weighted by Crippen LogP contribution is 2.22. The Labute approximate surface area is 154 Å². The molecule has 0 unspecified atom stereocenters. The first-order chi connectivity index (χ1) is 12.2. The van der Waals surface area contributed by atoms with Crippen molar-refractivity contribution in [2.75, 3.05) is 13.7 Å². The summed E-state index contributed by atoms with van der Waals surface area (Å²) in [5.74, 6) is 0.479. The Bertz CT molecular complexity index is 865. The Morgan fingerprint density at radius 3 is 2.92 bits per heavy atom. The van der Waals surface area contributed by atoms with E-state index in [1.807, 2.05) is 18.3 Å². The molecule has 0 saturated heterocycles. The van der Waals surface area contributed by atoms with Gasteiger partial charge in [-0.15, -0.1) is 0 Å². The minimum absolute atomic E-state index is 0.162. The highest BCUT2D eigenvalue weighted by molar-refractivity contribution is 9.10. The summed E-state index contributed by atoms with van der Waals surface area (Å²) in [7, 11) is 1.57. The van der Waals surface area contributed by atoms with Gasteiger partial charge in [0.05, 0.1) is 25.4 Å². The van der Waals surface area contributed by atoms with E-state index in [1.165, 1.54) is 0 Å². The van der Waals surface area contributed by atoms with Crippen LogP contribution in [0.3, 0.4) is 0 Å². The van der Waals surface area contributed by atoms with Crippen LogP contribution in [0.1, 0.15) is 10.4 Å². The fourth-order valence-electron chi connectivity index (χ4n) is 2.35. The van der Waals surface area contributed by atoms with Crippen LogP contribution < -0.4 is 10.1 Å². The predicted molar refractivity (Wildman–Crippen MR) is 98.5 cm³/mol. The van der Waals surface area contributed by atoms with E-state index in [4.69, 9.17) is 4.74 Å². The summed E-state index contributed by atoms with van der Waals surface area (Å²) in [6.07, 6.45) is 7.26. The summed E-state index contributed by atoms with van der Waals surface area (Å²) >= 11 is 3.39. The normalized spacial score (nSPS) is 10.5. The van der Waals surface area contributed by atoms with Gasteiger partial charge in [0.25, 0.3) is 5.91 Å². The van der Waals surface area contributed by atoms with Crippen molar-refractivity contribution in [3.63, 3.8) is 0 Å². The van der Waals surface area contributed by atoms with Crippen molar-refractivity contribution >= 4 is 21.8 Å². The Morgan fingerprint density at radius 1 is 1.28 bits per heavy atom. The molecule has 3 aromatic rings. The number of methoxy groups -OCH3 is 1. The average Bonchev–Trinajstić information content (AvgIpc) is 3.11. The van der Waals surface area contributed by atoms with Crippen LogP contribution in [0.4, 0.5) is 0 Å². The molecule has 2 heterocycles. The number of nitrogens with one attached hydrogen (secondary N) is 1. The van der Waals surface area contributed by atoms with Crippen LogP contribution in [0.15, 0.2) is 59.6 Å². The Hall–Kier alpha value is -2.67. The van der Waals surface area contributed by atoms with Gasteiger partial charge in [-0.25, -0.2) is 0 Å². The number of halogens is 1. The minimum atomic E-state index is -0.162. The number of amides is 1. The van der Waals surface area contributed by atoms with E-state index < -0.39 is 0 Å². The molecule has 0 saturated carbocycles. The molecule has 6 nitrogen and oxygen atoms in total. The van der Waals surface area contributed by atoms with Crippen LogP contribution in [0.25, 0.3) is 11.1 Å². The number of carbonyl (C=O) groups excluding carboxylic acids is 1. The van der Waals surface area contributed by atoms with E-state index in [2.05, 4.69) is 31.3 Å². The fraction of sp³-hybridized carbons (Fsp3) is 0.167. The Balaban J connectivity index is 1.58. The molecule has 0 atom stereocenters. The number of nitrogens with zero attached hydrogens (tertiary/aromatic N) is 3. The second-order valence-corrected chi connectivity index (χ2v) is 6.19. The van der Waals surface area contributed by atoms with Gasteiger partial charge in [0.1, 0.15) is 5.75 Å². The molecule has 2 aromatic heterocycles. The van der Waals surface area contributed by atoms with Gasteiger partial charge in [0.15, 0.2) is 0 Å². The van der Waals surface area contributed by atoms with E-state index >= 15 is 0 Å². The summed E-state index contributed by atoms with van der Waals surface area (Å²) in [6.45, 7) is 1.05. The molecular formula is C18H17BrN4O2. The number of hydrogen-bond acceptors (Lipinski definition) is 4. The highest BCUT2D eigenvalue weighted by atomic mass is 79.9. The fourth-order valence-corrected chi connectivity index (χ4v) is 2.78. The first-order valence-corrected chi connectivity index (χ1v) is 8.51. The highest BCUT2D eigenvalue weighted by Gasteiger charge is 2.11. The number of aromatic nitrogens is 3. The third-order valence-electron chi connectivity index (χ3n) is 3.67. The molecule has 3 rings (SSSR count). The van der Waals surface area contributed by atoms with Crippen LogP contribution in [0.5, 0.6) is 5.75 Å². The smallest absolute Gasteiger partial charge is 0.252 e. The molecule has 0 bridgehead atoms. The largest absolute Gasteiger partial charge is 0.497 e. The zero-order chi connectivity index (χ0) is 17.6. The molecule has 0 aliphatic carbocycles. The van der Waals surface area contributed by atoms with Crippen molar-refractivity contribution in [1.29, 1.82) is 0 Å².